The van der Waals surface area contributed by atoms with Gasteiger partial charge in [0, 0.05) is 66.0 Å². The average molecular weight is 810 g/mol. The number of aliphatic hydroxyl groups excluding tert-OH is 1. The van der Waals surface area contributed by atoms with Gasteiger partial charge in [-0.05, 0) is 54.9 Å². The molecule has 0 aliphatic heterocycles. The van der Waals surface area contributed by atoms with E-state index in [0.717, 1.165) is 58.8 Å². The number of rotatable bonds is 9. The number of aromatic nitrogens is 2. The van der Waals surface area contributed by atoms with E-state index in [0.29, 0.717) is 5.71 Å². The molecule has 3 heterocycles. The van der Waals surface area contributed by atoms with Crippen LogP contribution in [0.3, 0.4) is 0 Å². The van der Waals surface area contributed by atoms with E-state index in [4.69, 9.17) is 4.42 Å². The number of aliphatic hydroxyl groups is 1. The van der Waals surface area contributed by atoms with Gasteiger partial charge in [-0.2, -0.15) is 0 Å². The van der Waals surface area contributed by atoms with Crippen molar-refractivity contribution in [1.29, 1.82) is 0 Å². The molecule has 0 fully saturated rings. The molecule has 251 valence electrons. The summed E-state index contributed by atoms with van der Waals surface area (Å²) in [5.41, 5.74) is 5.41. The first-order valence-electron chi connectivity index (χ1n) is 16.5. The molecule has 0 saturated carbocycles. The number of fused-ring (bicyclic) bond motifs is 2. The quantitative estimate of drug-likeness (QED) is 0.0912. The summed E-state index contributed by atoms with van der Waals surface area (Å²) in [7, 11) is 0. The molecule has 0 aliphatic rings. The van der Waals surface area contributed by atoms with Gasteiger partial charge in [0.15, 0.2) is 5.78 Å². The van der Waals surface area contributed by atoms with Crippen LogP contribution < -0.4 is 0 Å². The molecule has 1 radical (unpaired) electrons. The van der Waals surface area contributed by atoms with Crippen LogP contribution in [-0.2, 0) is 30.3 Å². The smallest absolute Gasteiger partial charge is 0.225 e. The van der Waals surface area contributed by atoms with E-state index in [9.17, 15) is 9.90 Å². The molecule has 5 rings (SSSR count). The number of furan rings is 1. The van der Waals surface area contributed by atoms with Crippen molar-refractivity contribution < 1.29 is 34.4 Å². The second-order valence-corrected chi connectivity index (χ2v) is 13.8. The largest absolute Gasteiger partial charge is 0.512 e. The van der Waals surface area contributed by atoms with Gasteiger partial charge in [0.1, 0.15) is 5.76 Å². The van der Waals surface area contributed by atoms with Crippen LogP contribution in [0.15, 0.2) is 89.5 Å². The number of hydrogen-bond donors (Lipinski definition) is 1. The van der Waals surface area contributed by atoms with Gasteiger partial charge in [0.05, 0.1) is 6.26 Å². The van der Waals surface area contributed by atoms with E-state index in [-0.39, 0.29) is 47.9 Å². The zero-order valence-corrected chi connectivity index (χ0v) is 31.7. The molecule has 3 aromatic heterocycles. The van der Waals surface area contributed by atoms with Crippen LogP contribution in [0.2, 0.25) is 0 Å². The Hall–Kier alpha value is -3.60. The van der Waals surface area contributed by atoms with Crippen molar-refractivity contribution in [3.05, 3.63) is 96.7 Å². The topological polar surface area (TPSA) is 76.2 Å². The number of benzene rings is 2. The predicted molar refractivity (Wildman–Crippen MR) is 191 cm³/mol. The molecule has 0 spiro atoms. The van der Waals surface area contributed by atoms with Crippen LogP contribution in [0.5, 0.6) is 0 Å². The van der Waals surface area contributed by atoms with Gasteiger partial charge in [0.25, 0.3) is 0 Å². The van der Waals surface area contributed by atoms with Crippen molar-refractivity contribution in [1.82, 2.24) is 9.97 Å². The minimum atomic E-state index is -0.337. The second kappa shape index (κ2) is 15.5. The average Bonchev–Trinajstić information content (AvgIpc) is 3.55. The Labute approximate surface area is 294 Å². The van der Waals surface area contributed by atoms with Crippen LogP contribution in [0.1, 0.15) is 93.6 Å². The molecule has 0 amide bonds. The zero-order valence-electron chi connectivity index (χ0n) is 29.3. The van der Waals surface area contributed by atoms with Crippen LogP contribution in [0, 0.1) is 16.9 Å². The molecule has 5 aromatic rings. The standard InChI is InChI=1S/C26H21N2O.C15H28O2.Ir/c1-26(2,3)23-14-20(12-18-6-4-5-7-22(18)23)24-15-17(8-10-27-24)21-13-19-9-11-29-25(19)28-16-21;1-7-14(5,8-2)12(16)11-13(17)15(6,9-3)10-4;/h4-11,13-16H,1-3H3;11,16H,7-10H2,1-6H3;/q-1;;/b;12-11-;. The number of pyridine rings is 2. The Kier molecular flexibility index (Phi) is 12.5. The summed E-state index contributed by atoms with van der Waals surface area (Å²) < 4.78 is 5.36. The molecule has 2 aromatic carbocycles. The summed E-state index contributed by atoms with van der Waals surface area (Å²) in [6.07, 6.45) is 10.1. The first-order chi connectivity index (χ1) is 21.8. The molecule has 47 heavy (non-hydrogen) atoms. The normalized spacial score (nSPS) is 12.4. The fraction of sp³-hybridized carbons (Fsp3) is 0.390. The third-order valence-electron chi connectivity index (χ3n) is 9.86. The number of hydrogen-bond acceptors (Lipinski definition) is 5. The Balaban J connectivity index is 0.000000290. The summed E-state index contributed by atoms with van der Waals surface area (Å²) in [5, 5.41) is 13.5. The second-order valence-electron chi connectivity index (χ2n) is 13.8. The molecular formula is C41H49IrN2O3-. The van der Waals surface area contributed by atoms with E-state index in [1.807, 2.05) is 66.1 Å². The molecule has 0 bridgehead atoms. The number of carbonyl (C=O) groups is 1. The van der Waals surface area contributed by atoms with E-state index in [1.54, 1.807) is 6.26 Å². The first kappa shape index (κ1) is 37.9. The Morgan fingerprint density at radius 1 is 0.851 bits per heavy atom. The minimum Gasteiger partial charge on any atom is -0.512 e. The SMILES string of the molecule is CC(C)(C)c1cc(-c2cc(-c3cnc4occc4c3)ccn2)[c-]c2ccccc12.CCC(C)(CC)C(=O)/C=C(\O)C(C)(CC)CC.[Ir]. The van der Waals surface area contributed by atoms with Crippen LogP contribution in [0.25, 0.3) is 44.3 Å². The molecule has 5 nitrogen and oxygen atoms in total. The van der Waals surface area contributed by atoms with Crippen LogP contribution in [0.4, 0.5) is 0 Å². The van der Waals surface area contributed by atoms with Crippen molar-refractivity contribution in [2.45, 2.75) is 93.4 Å². The molecule has 0 aliphatic carbocycles. The van der Waals surface area contributed by atoms with E-state index >= 15 is 0 Å². The maximum absolute atomic E-state index is 12.2. The molecule has 0 unspecified atom stereocenters. The number of ketones is 1. The monoisotopic (exact) mass is 810 g/mol. The van der Waals surface area contributed by atoms with Gasteiger partial charge in [0.2, 0.25) is 5.71 Å². The van der Waals surface area contributed by atoms with Crippen LogP contribution >= 0.6 is 0 Å². The van der Waals surface area contributed by atoms with Crippen molar-refractivity contribution in [3.63, 3.8) is 0 Å². The predicted octanol–water partition coefficient (Wildman–Crippen LogP) is 11.5. The summed E-state index contributed by atoms with van der Waals surface area (Å²) in [5.74, 6) is 0.286. The summed E-state index contributed by atoms with van der Waals surface area (Å²) >= 11 is 0. The Bertz CT molecular complexity index is 1840. The van der Waals surface area contributed by atoms with Gasteiger partial charge < -0.3 is 9.52 Å². The molecule has 6 heteroatoms. The van der Waals surface area contributed by atoms with Crippen molar-refractivity contribution in [2.75, 3.05) is 0 Å². The fourth-order valence-corrected chi connectivity index (χ4v) is 5.45. The fourth-order valence-electron chi connectivity index (χ4n) is 5.45. The van der Waals surface area contributed by atoms with Gasteiger partial charge >= 0.3 is 0 Å². The van der Waals surface area contributed by atoms with Crippen molar-refractivity contribution >= 4 is 27.7 Å². The summed E-state index contributed by atoms with van der Waals surface area (Å²) in [6.45, 7) is 18.8. The number of allylic oxidation sites excluding steroid dienone is 2. The van der Waals surface area contributed by atoms with Crippen molar-refractivity contribution in [2.24, 2.45) is 10.8 Å². The van der Waals surface area contributed by atoms with Crippen molar-refractivity contribution in [3.8, 4) is 22.4 Å². The van der Waals surface area contributed by atoms with E-state index < -0.39 is 0 Å². The Morgan fingerprint density at radius 3 is 2.15 bits per heavy atom. The Morgan fingerprint density at radius 2 is 1.51 bits per heavy atom. The summed E-state index contributed by atoms with van der Waals surface area (Å²) in [4.78, 5) is 21.2. The number of carbonyl (C=O) groups excluding carboxylic acids is 1. The summed E-state index contributed by atoms with van der Waals surface area (Å²) in [6, 6.07) is 22.4. The number of nitrogens with zero attached hydrogens (tertiary/aromatic N) is 2. The zero-order chi connectivity index (χ0) is 33.7. The third-order valence-corrected chi connectivity index (χ3v) is 9.86. The maximum atomic E-state index is 12.2. The minimum absolute atomic E-state index is 0. The van der Waals surface area contributed by atoms with Gasteiger partial charge in [-0.15, -0.1) is 29.1 Å². The molecule has 0 atom stereocenters. The van der Waals surface area contributed by atoms with E-state index in [2.05, 4.69) is 79.3 Å². The first-order valence-corrected chi connectivity index (χ1v) is 16.5. The molecule has 1 N–H and O–H groups in total. The van der Waals surface area contributed by atoms with Gasteiger partial charge in [-0.3, -0.25) is 9.78 Å². The van der Waals surface area contributed by atoms with Gasteiger partial charge in [-0.25, -0.2) is 4.98 Å². The van der Waals surface area contributed by atoms with Gasteiger partial charge in [-0.1, -0.05) is 97.5 Å². The molecular weight excluding hydrogens is 761 g/mol. The maximum Gasteiger partial charge on any atom is 0.225 e. The van der Waals surface area contributed by atoms with E-state index in [1.165, 1.54) is 17.0 Å². The third kappa shape index (κ3) is 8.47. The van der Waals surface area contributed by atoms with Crippen LogP contribution in [-0.4, -0.2) is 20.9 Å². The molecule has 0 saturated heterocycles.